The number of nitrogens with one attached hydrogen (secondary N) is 1. The molecule has 108 valence electrons. The smallest absolute Gasteiger partial charge is 0.372 e. The van der Waals surface area contributed by atoms with Crippen molar-refractivity contribution in [2.75, 3.05) is 39.9 Å². The predicted octanol–water partition coefficient (Wildman–Crippen LogP) is 2.03. The number of piperidine rings is 1. The molecule has 6 heteroatoms. The molecular weight excluding hydrogens is 245 g/mol. The first-order chi connectivity index (χ1) is 8.47. The summed E-state index contributed by atoms with van der Waals surface area (Å²) in [7, 11) is 2.00. The summed E-state index contributed by atoms with van der Waals surface area (Å²) in [5, 5.41) is 3.45. The van der Waals surface area contributed by atoms with Gasteiger partial charge in [0.25, 0.3) is 0 Å². The fourth-order valence-electron chi connectivity index (χ4n) is 2.17. The van der Waals surface area contributed by atoms with Gasteiger partial charge in [-0.05, 0) is 32.9 Å². The summed E-state index contributed by atoms with van der Waals surface area (Å²) < 4.78 is 40.0. The third-order valence-electron chi connectivity index (χ3n) is 3.04. The standard InChI is InChI=1S/C12H23F3N2O/c1-17(9-11-5-2-3-6-16-11)7-4-8-18-10-12(13,14)15/h11,16H,2-10H2,1H3. The first kappa shape index (κ1) is 15.7. The van der Waals surface area contributed by atoms with Crippen LogP contribution in [0.15, 0.2) is 0 Å². The zero-order valence-corrected chi connectivity index (χ0v) is 10.9. The Morgan fingerprint density at radius 2 is 2.11 bits per heavy atom. The molecule has 0 bridgehead atoms. The van der Waals surface area contributed by atoms with Crippen LogP contribution in [0.25, 0.3) is 0 Å². The Bertz CT molecular complexity index is 218. The molecule has 0 aromatic heterocycles. The van der Waals surface area contributed by atoms with Crippen molar-refractivity contribution < 1.29 is 17.9 Å². The Balaban J connectivity index is 1.97. The van der Waals surface area contributed by atoms with E-state index in [0.717, 1.165) is 19.6 Å². The van der Waals surface area contributed by atoms with Crippen molar-refractivity contribution in [1.29, 1.82) is 0 Å². The van der Waals surface area contributed by atoms with Crippen molar-refractivity contribution in [3.8, 4) is 0 Å². The molecule has 3 nitrogen and oxygen atoms in total. The van der Waals surface area contributed by atoms with E-state index in [1.807, 2.05) is 7.05 Å². The number of rotatable bonds is 7. The number of alkyl halides is 3. The fraction of sp³-hybridized carbons (Fsp3) is 1.00. The molecule has 1 fully saturated rings. The number of ether oxygens (including phenoxy) is 1. The second kappa shape index (κ2) is 7.96. The van der Waals surface area contributed by atoms with E-state index in [9.17, 15) is 13.2 Å². The number of nitrogens with zero attached hydrogens (tertiary/aromatic N) is 1. The topological polar surface area (TPSA) is 24.5 Å². The summed E-state index contributed by atoms with van der Waals surface area (Å²) in [6.45, 7) is 1.84. The van der Waals surface area contributed by atoms with Crippen molar-refractivity contribution in [2.24, 2.45) is 0 Å². The molecule has 1 saturated heterocycles. The Morgan fingerprint density at radius 3 is 2.72 bits per heavy atom. The molecule has 1 aliphatic heterocycles. The number of hydrogen-bond acceptors (Lipinski definition) is 3. The monoisotopic (exact) mass is 268 g/mol. The third kappa shape index (κ3) is 7.89. The van der Waals surface area contributed by atoms with Gasteiger partial charge in [0, 0.05) is 25.7 Å². The van der Waals surface area contributed by atoms with E-state index in [4.69, 9.17) is 0 Å². The van der Waals surface area contributed by atoms with Crippen molar-refractivity contribution in [2.45, 2.75) is 37.9 Å². The van der Waals surface area contributed by atoms with Gasteiger partial charge in [0.15, 0.2) is 0 Å². The third-order valence-corrected chi connectivity index (χ3v) is 3.04. The Kier molecular flexibility index (Phi) is 6.96. The zero-order chi connectivity index (χ0) is 13.4. The molecule has 0 aromatic rings. The molecule has 1 atom stereocenters. The maximum absolute atomic E-state index is 11.8. The summed E-state index contributed by atoms with van der Waals surface area (Å²) in [6.07, 6.45) is 0.123. The van der Waals surface area contributed by atoms with Crippen molar-refractivity contribution in [3.05, 3.63) is 0 Å². The maximum Gasteiger partial charge on any atom is 0.411 e. The molecule has 0 radical (unpaired) electrons. The lowest BCUT2D eigenvalue weighted by Gasteiger charge is -2.28. The molecular formula is C12H23F3N2O. The van der Waals surface area contributed by atoms with Gasteiger partial charge < -0.3 is 15.0 Å². The van der Waals surface area contributed by atoms with E-state index in [0.29, 0.717) is 12.5 Å². The van der Waals surface area contributed by atoms with Crippen LogP contribution in [0, 0.1) is 0 Å². The summed E-state index contributed by atoms with van der Waals surface area (Å²) in [6, 6.07) is 0.528. The quantitative estimate of drug-likeness (QED) is 0.715. The molecule has 1 heterocycles. The van der Waals surface area contributed by atoms with Crippen molar-refractivity contribution >= 4 is 0 Å². The second-order valence-corrected chi connectivity index (χ2v) is 4.93. The molecule has 1 aliphatic rings. The van der Waals surface area contributed by atoms with Crippen LogP contribution in [-0.4, -0.2) is 57.0 Å². The van der Waals surface area contributed by atoms with Gasteiger partial charge >= 0.3 is 6.18 Å². The minimum absolute atomic E-state index is 0.169. The lowest BCUT2D eigenvalue weighted by Crippen LogP contribution is -2.42. The highest BCUT2D eigenvalue weighted by atomic mass is 19.4. The lowest BCUT2D eigenvalue weighted by atomic mass is 10.0. The van der Waals surface area contributed by atoms with Gasteiger partial charge in [-0.2, -0.15) is 13.2 Å². The van der Waals surface area contributed by atoms with E-state index in [1.54, 1.807) is 0 Å². The lowest BCUT2D eigenvalue weighted by molar-refractivity contribution is -0.174. The molecule has 0 aromatic carbocycles. The largest absolute Gasteiger partial charge is 0.411 e. The highest BCUT2D eigenvalue weighted by Gasteiger charge is 2.27. The first-order valence-electron chi connectivity index (χ1n) is 6.54. The van der Waals surface area contributed by atoms with Gasteiger partial charge in [-0.25, -0.2) is 0 Å². The summed E-state index contributed by atoms with van der Waals surface area (Å²) in [4.78, 5) is 2.15. The van der Waals surface area contributed by atoms with Gasteiger partial charge in [0.1, 0.15) is 6.61 Å². The average molecular weight is 268 g/mol. The van der Waals surface area contributed by atoms with Crippen molar-refractivity contribution in [3.63, 3.8) is 0 Å². The van der Waals surface area contributed by atoms with Crippen LogP contribution in [0.4, 0.5) is 13.2 Å². The number of hydrogen-bond donors (Lipinski definition) is 1. The van der Waals surface area contributed by atoms with Gasteiger partial charge in [-0.3, -0.25) is 0 Å². The summed E-state index contributed by atoms with van der Waals surface area (Å²) in [5.41, 5.74) is 0. The molecule has 0 saturated carbocycles. The maximum atomic E-state index is 11.8. The van der Waals surface area contributed by atoms with E-state index >= 15 is 0 Å². The van der Waals surface area contributed by atoms with Crippen LogP contribution >= 0.6 is 0 Å². The number of halogens is 3. The molecule has 0 aliphatic carbocycles. The van der Waals surface area contributed by atoms with Crippen LogP contribution in [0.1, 0.15) is 25.7 Å². The first-order valence-corrected chi connectivity index (χ1v) is 6.54. The second-order valence-electron chi connectivity index (χ2n) is 4.93. The van der Waals surface area contributed by atoms with E-state index in [1.165, 1.54) is 19.3 Å². The van der Waals surface area contributed by atoms with Crippen LogP contribution in [0.5, 0.6) is 0 Å². The van der Waals surface area contributed by atoms with Crippen LogP contribution in [0.3, 0.4) is 0 Å². The minimum atomic E-state index is -4.21. The van der Waals surface area contributed by atoms with Crippen LogP contribution < -0.4 is 5.32 Å². The van der Waals surface area contributed by atoms with Crippen LogP contribution in [0.2, 0.25) is 0 Å². The fourth-order valence-corrected chi connectivity index (χ4v) is 2.17. The van der Waals surface area contributed by atoms with Gasteiger partial charge in [-0.1, -0.05) is 6.42 Å². The SMILES string of the molecule is CN(CCCOCC(F)(F)F)CC1CCCCN1. The summed E-state index contributed by atoms with van der Waals surface area (Å²) >= 11 is 0. The molecule has 0 spiro atoms. The Labute approximate surface area is 107 Å². The minimum Gasteiger partial charge on any atom is -0.372 e. The van der Waals surface area contributed by atoms with Gasteiger partial charge in [0.2, 0.25) is 0 Å². The Hall–Kier alpha value is -0.330. The molecule has 1 N–H and O–H groups in total. The van der Waals surface area contributed by atoms with Gasteiger partial charge in [0.05, 0.1) is 0 Å². The molecule has 18 heavy (non-hydrogen) atoms. The molecule has 1 rings (SSSR count). The zero-order valence-electron chi connectivity index (χ0n) is 10.9. The molecule has 1 unspecified atom stereocenters. The average Bonchev–Trinajstić information content (AvgIpc) is 2.28. The van der Waals surface area contributed by atoms with E-state index < -0.39 is 12.8 Å². The predicted molar refractivity (Wildman–Crippen MR) is 64.6 cm³/mol. The highest BCUT2D eigenvalue weighted by Crippen LogP contribution is 2.14. The van der Waals surface area contributed by atoms with Crippen molar-refractivity contribution in [1.82, 2.24) is 10.2 Å². The Morgan fingerprint density at radius 1 is 1.33 bits per heavy atom. The van der Waals surface area contributed by atoms with Crippen LogP contribution in [-0.2, 0) is 4.74 Å². The van der Waals surface area contributed by atoms with E-state index in [-0.39, 0.29) is 6.61 Å². The number of likely N-dealkylation sites (N-methyl/N-ethyl adjacent to an activating group) is 1. The molecule has 0 amide bonds. The highest BCUT2D eigenvalue weighted by molar-refractivity contribution is 4.74. The normalized spacial score (nSPS) is 21.5. The summed E-state index contributed by atoms with van der Waals surface area (Å²) in [5.74, 6) is 0. The van der Waals surface area contributed by atoms with E-state index in [2.05, 4.69) is 15.0 Å². The van der Waals surface area contributed by atoms with Gasteiger partial charge in [-0.15, -0.1) is 0 Å².